The summed E-state index contributed by atoms with van der Waals surface area (Å²) in [6, 6.07) is 8.01. The summed E-state index contributed by atoms with van der Waals surface area (Å²) in [6.45, 7) is 3.21. The molecule has 138 valence electrons. The molecule has 7 heteroatoms. The Morgan fingerprint density at radius 3 is 2.73 bits per heavy atom. The highest BCUT2D eigenvalue weighted by molar-refractivity contribution is 5.95. The second-order valence-electron chi connectivity index (χ2n) is 6.75. The van der Waals surface area contributed by atoms with E-state index in [1.54, 1.807) is 19.4 Å². The second-order valence-corrected chi connectivity index (χ2v) is 6.75. The molecule has 0 spiro atoms. The van der Waals surface area contributed by atoms with Crippen molar-refractivity contribution >= 4 is 11.5 Å². The summed E-state index contributed by atoms with van der Waals surface area (Å²) in [6.07, 6.45) is 5.21. The number of amides is 1. The number of rotatable bonds is 5. The van der Waals surface area contributed by atoms with E-state index in [0.717, 1.165) is 16.9 Å². The van der Waals surface area contributed by atoms with Crippen molar-refractivity contribution in [2.45, 2.75) is 19.0 Å². The lowest BCUT2D eigenvalue weighted by Crippen LogP contribution is -2.37. The first kappa shape index (κ1) is 18.1. The van der Waals surface area contributed by atoms with Crippen LogP contribution in [0.3, 0.4) is 0 Å². The van der Waals surface area contributed by atoms with Gasteiger partial charge in [-0.15, -0.1) is 5.10 Å². The van der Waals surface area contributed by atoms with Gasteiger partial charge in [0.05, 0.1) is 25.4 Å². The summed E-state index contributed by atoms with van der Waals surface area (Å²) in [7, 11) is 5.69. The maximum absolute atomic E-state index is 12.9. The average Bonchev–Trinajstić information content (AvgIpc) is 3.30. The summed E-state index contributed by atoms with van der Waals surface area (Å²) < 4.78 is 7.24. The zero-order valence-electron chi connectivity index (χ0n) is 15.7. The predicted molar refractivity (Wildman–Crippen MR) is 99.8 cm³/mol. The molecule has 1 amide bonds. The Hall–Kier alpha value is -2.67. The van der Waals surface area contributed by atoms with Crippen LogP contribution in [0.2, 0.25) is 0 Å². The van der Waals surface area contributed by atoms with Crippen LogP contribution < -0.4 is 4.74 Å². The van der Waals surface area contributed by atoms with Crippen LogP contribution in [0.1, 0.15) is 18.5 Å². The standard InChI is InChI=1S/C19H25N5O2/c1-14(15-7-5-6-8-18(15)26-4)11-19(25)23-12-16(22(2)3)17(13-23)24-10-9-20-21-24/h5-11,16-17H,12-13H2,1-4H3/b14-11+/t16-,17+/m1/s1. The highest BCUT2D eigenvalue weighted by Crippen LogP contribution is 2.28. The molecular weight excluding hydrogens is 330 g/mol. The normalized spacial score (nSPS) is 20.7. The van der Waals surface area contributed by atoms with Crippen LogP contribution in [0.25, 0.3) is 5.57 Å². The highest BCUT2D eigenvalue weighted by Gasteiger charge is 2.37. The molecule has 1 aliphatic heterocycles. The van der Waals surface area contributed by atoms with Crippen LogP contribution >= 0.6 is 0 Å². The fourth-order valence-corrected chi connectivity index (χ4v) is 3.44. The zero-order valence-corrected chi connectivity index (χ0v) is 15.7. The molecule has 2 aromatic rings. The van der Waals surface area contributed by atoms with Crippen LogP contribution in [0.15, 0.2) is 42.7 Å². The molecule has 2 heterocycles. The van der Waals surface area contributed by atoms with Crippen LogP contribution in [0.4, 0.5) is 0 Å². The number of carbonyl (C=O) groups is 1. The van der Waals surface area contributed by atoms with E-state index in [1.807, 2.05) is 61.1 Å². The molecule has 0 bridgehead atoms. The molecule has 1 aromatic heterocycles. The maximum atomic E-state index is 12.9. The third kappa shape index (κ3) is 3.62. The molecule has 3 rings (SSSR count). The maximum Gasteiger partial charge on any atom is 0.246 e. The summed E-state index contributed by atoms with van der Waals surface area (Å²) in [5.41, 5.74) is 1.82. The summed E-state index contributed by atoms with van der Waals surface area (Å²) in [5, 5.41) is 8.03. The molecule has 2 atom stereocenters. The molecule has 7 nitrogen and oxygen atoms in total. The smallest absolute Gasteiger partial charge is 0.246 e. The molecule has 1 fully saturated rings. The minimum Gasteiger partial charge on any atom is -0.496 e. The van der Waals surface area contributed by atoms with Gasteiger partial charge in [-0.1, -0.05) is 23.4 Å². The minimum atomic E-state index is 0.00266. The van der Waals surface area contributed by atoms with Crippen LogP contribution in [0.5, 0.6) is 5.75 Å². The molecule has 0 saturated carbocycles. The van der Waals surface area contributed by atoms with E-state index in [2.05, 4.69) is 15.2 Å². The minimum absolute atomic E-state index is 0.00266. The van der Waals surface area contributed by atoms with Gasteiger partial charge in [-0.3, -0.25) is 4.79 Å². The molecule has 0 unspecified atom stereocenters. The van der Waals surface area contributed by atoms with Gasteiger partial charge in [-0.05, 0) is 32.7 Å². The van der Waals surface area contributed by atoms with Crippen molar-refractivity contribution < 1.29 is 9.53 Å². The lowest BCUT2D eigenvalue weighted by molar-refractivity contribution is -0.125. The van der Waals surface area contributed by atoms with Crippen molar-refractivity contribution in [3.63, 3.8) is 0 Å². The van der Waals surface area contributed by atoms with Gasteiger partial charge in [0.1, 0.15) is 5.75 Å². The highest BCUT2D eigenvalue weighted by atomic mass is 16.5. The van der Waals surface area contributed by atoms with E-state index in [4.69, 9.17) is 4.74 Å². The number of hydrogen-bond acceptors (Lipinski definition) is 5. The molecule has 0 aliphatic carbocycles. The number of ether oxygens (including phenoxy) is 1. The molecule has 1 aromatic carbocycles. The van der Waals surface area contributed by atoms with E-state index < -0.39 is 0 Å². The summed E-state index contributed by atoms with van der Waals surface area (Å²) >= 11 is 0. The third-order valence-electron chi connectivity index (χ3n) is 4.89. The Morgan fingerprint density at radius 2 is 2.08 bits per heavy atom. The first-order valence-electron chi connectivity index (χ1n) is 8.64. The zero-order chi connectivity index (χ0) is 18.7. The van der Waals surface area contributed by atoms with E-state index in [0.29, 0.717) is 13.1 Å². The third-order valence-corrected chi connectivity index (χ3v) is 4.89. The van der Waals surface area contributed by atoms with Crippen molar-refractivity contribution in [3.8, 4) is 5.75 Å². The number of nitrogens with zero attached hydrogens (tertiary/aromatic N) is 5. The molecule has 0 N–H and O–H groups in total. The Morgan fingerprint density at radius 1 is 1.31 bits per heavy atom. The van der Waals surface area contributed by atoms with Gasteiger partial charge < -0.3 is 14.5 Å². The van der Waals surface area contributed by atoms with Crippen molar-refractivity contribution in [3.05, 3.63) is 48.3 Å². The van der Waals surface area contributed by atoms with Crippen LogP contribution in [-0.4, -0.2) is 71.0 Å². The first-order chi connectivity index (χ1) is 12.5. The van der Waals surface area contributed by atoms with Gasteiger partial charge in [-0.2, -0.15) is 0 Å². The van der Waals surface area contributed by atoms with E-state index in [-0.39, 0.29) is 18.0 Å². The van der Waals surface area contributed by atoms with Crippen LogP contribution in [0, 0.1) is 0 Å². The SMILES string of the molecule is COc1ccccc1/C(C)=C/C(=O)N1C[C@@H](N(C)C)[C@@H](n2ccnn2)C1. The average molecular weight is 355 g/mol. The van der Waals surface area contributed by atoms with Gasteiger partial charge in [0.15, 0.2) is 0 Å². The predicted octanol–water partition coefficient (Wildman–Crippen LogP) is 1.70. The van der Waals surface area contributed by atoms with Gasteiger partial charge >= 0.3 is 0 Å². The quantitative estimate of drug-likeness (QED) is 0.764. The van der Waals surface area contributed by atoms with Gasteiger partial charge in [0.25, 0.3) is 0 Å². The molecule has 0 radical (unpaired) electrons. The summed E-state index contributed by atoms with van der Waals surface area (Å²) in [4.78, 5) is 16.9. The number of carbonyl (C=O) groups excluding carboxylic acids is 1. The fourth-order valence-electron chi connectivity index (χ4n) is 3.44. The second kappa shape index (κ2) is 7.70. The topological polar surface area (TPSA) is 63.5 Å². The van der Waals surface area contributed by atoms with Crippen molar-refractivity contribution in [1.82, 2.24) is 24.8 Å². The molecular formula is C19H25N5O2. The number of likely N-dealkylation sites (tertiary alicyclic amines) is 1. The Balaban J connectivity index is 1.79. The number of aromatic nitrogens is 3. The number of para-hydroxylation sites is 1. The van der Waals surface area contributed by atoms with Crippen molar-refractivity contribution in [1.29, 1.82) is 0 Å². The van der Waals surface area contributed by atoms with E-state index >= 15 is 0 Å². The Kier molecular flexibility index (Phi) is 5.37. The first-order valence-corrected chi connectivity index (χ1v) is 8.64. The van der Waals surface area contributed by atoms with Crippen LogP contribution in [-0.2, 0) is 4.79 Å². The number of benzene rings is 1. The van der Waals surface area contributed by atoms with E-state index in [9.17, 15) is 4.79 Å². The van der Waals surface area contributed by atoms with Crippen molar-refractivity contribution in [2.75, 3.05) is 34.3 Å². The van der Waals surface area contributed by atoms with Crippen molar-refractivity contribution in [2.24, 2.45) is 0 Å². The number of methoxy groups -OCH3 is 1. The number of likely N-dealkylation sites (N-methyl/N-ethyl adjacent to an activating group) is 1. The number of allylic oxidation sites excluding steroid dienone is 1. The lowest BCUT2D eigenvalue weighted by Gasteiger charge is -2.24. The fraction of sp³-hybridized carbons (Fsp3) is 0.421. The van der Waals surface area contributed by atoms with Gasteiger partial charge in [0.2, 0.25) is 5.91 Å². The largest absolute Gasteiger partial charge is 0.496 e. The summed E-state index contributed by atoms with van der Waals surface area (Å²) in [5.74, 6) is 0.769. The Bertz CT molecular complexity index is 785. The van der Waals surface area contributed by atoms with Gasteiger partial charge in [0, 0.05) is 30.9 Å². The molecule has 1 aliphatic rings. The molecule has 1 saturated heterocycles. The monoisotopic (exact) mass is 355 g/mol. The Labute approximate surface area is 153 Å². The molecule has 26 heavy (non-hydrogen) atoms. The number of hydrogen-bond donors (Lipinski definition) is 0. The van der Waals surface area contributed by atoms with E-state index in [1.165, 1.54) is 0 Å². The van der Waals surface area contributed by atoms with Gasteiger partial charge in [-0.25, -0.2) is 4.68 Å². The lowest BCUT2D eigenvalue weighted by atomic mass is 10.1.